The Bertz CT molecular complexity index is 1850. The van der Waals surface area contributed by atoms with Crippen LogP contribution in [0.1, 0.15) is 29.2 Å². The van der Waals surface area contributed by atoms with Gasteiger partial charge in [0.1, 0.15) is 11.2 Å². The highest BCUT2D eigenvalue weighted by Gasteiger charge is 2.22. The van der Waals surface area contributed by atoms with E-state index in [0.717, 1.165) is 66.6 Å². The molecule has 4 heteroatoms. The van der Waals surface area contributed by atoms with Crippen LogP contribution >= 0.6 is 15.9 Å². The molecule has 1 atom stereocenters. The Morgan fingerprint density at radius 3 is 2.24 bits per heavy atom. The van der Waals surface area contributed by atoms with E-state index in [1.807, 2.05) is 36.4 Å². The highest BCUT2D eigenvalue weighted by atomic mass is 79.9. The number of fused-ring (bicyclic) bond motifs is 3. The van der Waals surface area contributed by atoms with Gasteiger partial charge in [0.2, 0.25) is 0 Å². The summed E-state index contributed by atoms with van der Waals surface area (Å²) in [5.41, 5.74) is 8.33. The number of hydrogen-bond acceptors (Lipinski definition) is 3. The van der Waals surface area contributed by atoms with Gasteiger partial charge in [-0.15, -0.1) is 0 Å². The summed E-state index contributed by atoms with van der Waals surface area (Å²) in [7, 11) is 0. The monoisotopic (exact) mass is 554 g/mol. The highest BCUT2D eigenvalue weighted by Crippen LogP contribution is 2.37. The molecule has 6 aromatic rings. The number of amidine groups is 1. The second kappa shape index (κ2) is 9.55. The van der Waals surface area contributed by atoms with Crippen molar-refractivity contribution in [1.29, 1.82) is 0 Å². The van der Waals surface area contributed by atoms with Crippen LogP contribution in [0, 0.1) is 0 Å². The van der Waals surface area contributed by atoms with Gasteiger partial charge in [0, 0.05) is 32.8 Å². The first-order valence-corrected chi connectivity index (χ1v) is 13.5. The molecule has 0 aliphatic carbocycles. The minimum atomic E-state index is 0.0137. The lowest BCUT2D eigenvalue weighted by molar-refractivity contribution is 0.670. The van der Waals surface area contributed by atoms with Gasteiger partial charge >= 0.3 is 0 Å². The van der Waals surface area contributed by atoms with Gasteiger partial charge in [0.15, 0.2) is 5.84 Å². The van der Waals surface area contributed by atoms with Crippen molar-refractivity contribution in [1.82, 2.24) is 0 Å². The van der Waals surface area contributed by atoms with Gasteiger partial charge < -0.3 is 4.42 Å². The molecule has 182 valence electrons. The zero-order valence-electron chi connectivity index (χ0n) is 20.5. The first-order valence-electron chi connectivity index (χ1n) is 12.7. The van der Waals surface area contributed by atoms with E-state index in [4.69, 9.17) is 14.4 Å². The van der Waals surface area contributed by atoms with Crippen LogP contribution in [0.4, 0.5) is 0 Å². The Kier molecular flexibility index (Phi) is 5.75. The number of nitrogens with zero attached hydrogens (tertiary/aromatic N) is 2. The molecule has 3 nitrogen and oxygen atoms in total. The first-order chi connectivity index (χ1) is 18.7. The van der Waals surface area contributed by atoms with Gasteiger partial charge in [-0.2, -0.15) is 0 Å². The van der Waals surface area contributed by atoms with Gasteiger partial charge in [-0.1, -0.05) is 113 Å². The minimum absolute atomic E-state index is 0.0137. The molecule has 0 saturated carbocycles. The minimum Gasteiger partial charge on any atom is -0.455 e. The summed E-state index contributed by atoms with van der Waals surface area (Å²) in [6.45, 7) is 0. The third-order valence-electron chi connectivity index (χ3n) is 7.09. The van der Waals surface area contributed by atoms with E-state index in [0.29, 0.717) is 0 Å². The smallest absolute Gasteiger partial charge is 0.155 e. The third-order valence-corrected chi connectivity index (χ3v) is 7.58. The van der Waals surface area contributed by atoms with E-state index in [-0.39, 0.29) is 6.04 Å². The molecule has 0 spiro atoms. The molecule has 0 amide bonds. The third kappa shape index (κ3) is 4.17. The van der Waals surface area contributed by atoms with Crippen LogP contribution in [0.25, 0.3) is 33.1 Å². The fraction of sp³-hybridized carbons (Fsp3) is 0.0588. The molecule has 1 aliphatic rings. The summed E-state index contributed by atoms with van der Waals surface area (Å²) >= 11 is 3.60. The fourth-order valence-electron chi connectivity index (χ4n) is 5.22. The maximum Gasteiger partial charge on any atom is 0.155 e. The molecule has 0 saturated heterocycles. The topological polar surface area (TPSA) is 37.9 Å². The summed E-state index contributed by atoms with van der Waals surface area (Å²) in [4.78, 5) is 10.1. The van der Waals surface area contributed by atoms with Crippen LogP contribution in [-0.4, -0.2) is 11.5 Å². The van der Waals surface area contributed by atoms with Crippen molar-refractivity contribution in [2.75, 3.05) is 0 Å². The van der Waals surface area contributed by atoms with Gasteiger partial charge in [0.05, 0.1) is 11.8 Å². The number of rotatable bonds is 4. The standard InChI is InChI=1S/C34H23BrN2O/c35-26-17-18-32-29(20-26)28-16-8-15-27(33(28)38-32)24-13-7-14-25(19-24)31-21-30(22-9-3-1-4-10-22)36-34(37-31)23-11-5-2-6-12-23/h1-20,30H,21H2. The Balaban J connectivity index is 1.34. The van der Waals surface area contributed by atoms with Crippen LogP contribution in [0.5, 0.6) is 0 Å². The molecule has 5 aromatic carbocycles. The Morgan fingerprint density at radius 1 is 0.658 bits per heavy atom. The summed E-state index contributed by atoms with van der Waals surface area (Å²) < 4.78 is 7.40. The van der Waals surface area contributed by atoms with Crippen LogP contribution in [0.15, 0.2) is 140 Å². The number of para-hydroxylation sites is 1. The zero-order chi connectivity index (χ0) is 25.5. The van der Waals surface area contributed by atoms with Crippen LogP contribution < -0.4 is 0 Å². The number of benzene rings is 5. The van der Waals surface area contributed by atoms with Crippen LogP contribution in [0.2, 0.25) is 0 Å². The number of aliphatic imine (C=N–C) groups is 2. The lowest BCUT2D eigenvalue weighted by Gasteiger charge is -2.21. The van der Waals surface area contributed by atoms with Crippen molar-refractivity contribution < 1.29 is 4.42 Å². The Hall–Kier alpha value is -4.28. The van der Waals surface area contributed by atoms with Crippen LogP contribution in [-0.2, 0) is 0 Å². The van der Waals surface area contributed by atoms with Crippen molar-refractivity contribution in [2.45, 2.75) is 12.5 Å². The maximum absolute atomic E-state index is 6.36. The molecular formula is C34H23BrN2O. The van der Waals surface area contributed by atoms with Gasteiger partial charge in [0.25, 0.3) is 0 Å². The molecule has 2 heterocycles. The largest absolute Gasteiger partial charge is 0.455 e. The number of furan rings is 1. The first kappa shape index (κ1) is 22.9. The Labute approximate surface area is 229 Å². The van der Waals surface area contributed by atoms with Gasteiger partial charge in [-0.3, -0.25) is 4.99 Å². The predicted molar refractivity (Wildman–Crippen MR) is 160 cm³/mol. The van der Waals surface area contributed by atoms with Crippen molar-refractivity contribution in [2.24, 2.45) is 9.98 Å². The van der Waals surface area contributed by atoms with E-state index in [1.165, 1.54) is 5.56 Å². The highest BCUT2D eigenvalue weighted by molar-refractivity contribution is 9.10. The maximum atomic E-state index is 6.36. The molecular weight excluding hydrogens is 532 g/mol. The molecule has 38 heavy (non-hydrogen) atoms. The average Bonchev–Trinajstić information content (AvgIpc) is 3.36. The summed E-state index contributed by atoms with van der Waals surface area (Å²) in [5, 5.41) is 2.22. The molecule has 0 bridgehead atoms. The molecule has 1 aromatic heterocycles. The van der Waals surface area contributed by atoms with Crippen molar-refractivity contribution in [3.63, 3.8) is 0 Å². The van der Waals surface area contributed by atoms with Crippen molar-refractivity contribution >= 4 is 49.4 Å². The fourth-order valence-corrected chi connectivity index (χ4v) is 5.58. The summed E-state index contributed by atoms with van der Waals surface area (Å²) in [6, 6.07) is 41.9. The average molecular weight is 555 g/mol. The van der Waals surface area contributed by atoms with E-state index < -0.39 is 0 Å². The molecule has 0 N–H and O–H groups in total. The second-order valence-electron chi connectivity index (χ2n) is 9.51. The second-order valence-corrected chi connectivity index (χ2v) is 10.4. The lowest BCUT2D eigenvalue weighted by atomic mass is 9.93. The molecule has 0 fully saturated rings. The van der Waals surface area contributed by atoms with E-state index in [2.05, 4.69) is 101 Å². The quantitative estimate of drug-likeness (QED) is 0.214. The SMILES string of the molecule is Brc1ccc2oc3c(-c4cccc(C5=NC(c6ccccc6)=NC(c6ccccc6)C5)c4)cccc3c2c1. The van der Waals surface area contributed by atoms with Crippen molar-refractivity contribution in [3.05, 3.63) is 142 Å². The predicted octanol–water partition coefficient (Wildman–Crippen LogP) is 9.40. The van der Waals surface area contributed by atoms with Crippen molar-refractivity contribution in [3.8, 4) is 11.1 Å². The molecule has 7 rings (SSSR count). The summed E-state index contributed by atoms with van der Waals surface area (Å²) in [5.74, 6) is 0.774. The van der Waals surface area contributed by atoms with E-state index in [9.17, 15) is 0 Å². The molecule has 1 unspecified atom stereocenters. The van der Waals surface area contributed by atoms with Crippen LogP contribution in [0.3, 0.4) is 0 Å². The summed E-state index contributed by atoms with van der Waals surface area (Å²) in [6.07, 6.45) is 0.743. The normalized spacial score (nSPS) is 15.4. The zero-order valence-corrected chi connectivity index (χ0v) is 22.1. The Morgan fingerprint density at radius 2 is 1.39 bits per heavy atom. The molecule has 0 radical (unpaired) electrons. The van der Waals surface area contributed by atoms with Gasteiger partial charge in [-0.25, -0.2) is 4.99 Å². The van der Waals surface area contributed by atoms with E-state index in [1.54, 1.807) is 0 Å². The lowest BCUT2D eigenvalue weighted by Crippen LogP contribution is -2.17. The van der Waals surface area contributed by atoms with Gasteiger partial charge in [-0.05, 0) is 41.0 Å². The van der Waals surface area contributed by atoms with E-state index >= 15 is 0 Å². The number of halogens is 1. The molecule has 1 aliphatic heterocycles. The number of hydrogen-bond donors (Lipinski definition) is 0.